The highest BCUT2D eigenvalue weighted by molar-refractivity contribution is 5.87. The van der Waals surface area contributed by atoms with Gasteiger partial charge in [0.15, 0.2) is 0 Å². The van der Waals surface area contributed by atoms with Crippen LogP contribution in [0.2, 0.25) is 0 Å². The summed E-state index contributed by atoms with van der Waals surface area (Å²) in [6.45, 7) is 0. The molecule has 0 unspecified atom stereocenters. The summed E-state index contributed by atoms with van der Waals surface area (Å²) < 4.78 is 30.3. The van der Waals surface area contributed by atoms with Crippen LogP contribution in [0.5, 0.6) is 0 Å². The minimum Gasteiger partial charge on any atom is -0.469 e. The lowest BCUT2D eigenvalue weighted by molar-refractivity contribution is -0.158. The highest BCUT2D eigenvalue weighted by Gasteiger charge is 2.49. The summed E-state index contributed by atoms with van der Waals surface area (Å²) in [4.78, 5) is 77.5. The molecule has 4 rings (SSSR count). The summed E-state index contributed by atoms with van der Waals surface area (Å²) in [5.41, 5.74) is 4.56. The van der Waals surface area contributed by atoms with E-state index in [1.165, 1.54) is 42.7 Å². The quantitative estimate of drug-likeness (QED) is 0.339. The molecular formula is C30H36O12. The van der Waals surface area contributed by atoms with Crippen LogP contribution in [0.3, 0.4) is 0 Å². The highest BCUT2D eigenvalue weighted by atomic mass is 16.5. The first-order valence-corrected chi connectivity index (χ1v) is 13.7. The molecule has 12 heteroatoms. The smallest absolute Gasteiger partial charge is 0.309 e. The normalized spacial score (nSPS) is 25.9. The third-order valence-corrected chi connectivity index (χ3v) is 9.21. The third kappa shape index (κ3) is 5.22. The van der Waals surface area contributed by atoms with Crippen molar-refractivity contribution in [3.05, 3.63) is 33.4 Å². The molecule has 1 aromatic rings. The van der Waals surface area contributed by atoms with Crippen molar-refractivity contribution in [3.63, 3.8) is 0 Å². The average molecular weight is 589 g/mol. The zero-order valence-corrected chi connectivity index (χ0v) is 24.6. The second-order valence-corrected chi connectivity index (χ2v) is 10.9. The van der Waals surface area contributed by atoms with Crippen LogP contribution in [0.1, 0.15) is 33.4 Å². The topological polar surface area (TPSA) is 158 Å². The van der Waals surface area contributed by atoms with E-state index in [1.807, 2.05) is 0 Å². The van der Waals surface area contributed by atoms with Crippen molar-refractivity contribution in [1.82, 2.24) is 0 Å². The van der Waals surface area contributed by atoms with Gasteiger partial charge in [0.25, 0.3) is 0 Å². The molecule has 0 aromatic heterocycles. The van der Waals surface area contributed by atoms with Gasteiger partial charge in [-0.2, -0.15) is 0 Å². The van der Waals surface area contributed by atoms with Gasteiger partial charge < -0.3 is 28.4 Å². The average Bonchev–Trinajstić information content (AvgIpc) is 3.04. The molecule has 0 aliphatic heterocycles. The van der Waals surface area contributed by atoms with Crippen LogP contribution >= 0.6 is 0 Å². The minimum absolute atomic E-state index is 0.123. The molecule has 3 aliphatic carbocycles. The van der Waals surface area contributed by atoms with Gasteiger partial charge in [-0.05, 0) is 71.9 Å². The first kappa shape index (κ1) is 31.0. The molecule has 0 spiro atoms. The molecule has 0 N–H and O–H groups in total. The monoisotopic (exact) mass is 588 g/mol. The van der Waals surface area contributed by atoms with E-state index in [0.29, 0.717) is 0 Å². The predicted molar refractivity (Wildman–Crippen MR) is 142 cm³/mol. The van der Waals surface area contributed by atoms with Crippen LogP contribution in [-0.4, -0.2) is 78.5 Å². The number of benzene rings is 1. The number of ether oxygens (including phenoxy) is 6. The molecule has 1 aromatic carbocycles. The van der Waals surface area contributed by atoms with Gasteiger partial charge in [0, 0.05) is 0 Å². The van der Waals surface area contributed by atoms with Gasteiger partial charge in [0.2, 0.25) is 0 Å². The van der Waals surface area contributed by atoms with Crippen molar-refractivity contribution >= 4 is 35.8 Å². The fraction of sp³-hybridized carbons (Fsp3) is 0.600. The lowest BCUT2D eigenvalue weighted by atomic mass is 9.62. The van der Waals surface area contributed by atoms with Gasteiger partial charge in [-0.15, -0.1) is 0 Å². The molecule has 12 nitrogen and oxygen atoms in total. The fourth-order valence-electron chi connectivity index (χ4n) is 7.14. The summed E-state index contributed by atoms with van der Waals surface area (Å²) in [5, 5.41) is 0. The Morgan fingerprint density at radius 1 is 0.333 bits per heavy atom. The van der Waals surface area contributed by atoms with E-state index in [1.54, 1.807) is 0 Å². The molecule has 228 valence electrons. The lowest BCUT2D eigenvalue weighted by Gasteiger charge is -2.41. The maximum Gasteiger partial charge on any atom is 0.309 e. The summed E-state index contributed by atoms with van der Waals surface area (Å²) in [5.74, 6) is -8.57. The standard InChI is InChI=1S/C30H36O12/c1-37-25(31)19-7-13-14(8-20(19)26(32)38-2)16-10-22(28(34)40-4)24(30(36)42-6)12-18(16)17-11-23(29(35)41-5)21(9-15(13)17)27(33)39-3/h19-24H,7-12H2,1-6H3/t19-,20-,21-,22-,23+,24+/m0/s1. The molecule has 0 heterocycles. The Bertz CT molecular complexity index is 1040. The zero-order valence-electron chi connectivity index (χ0n) is 24.6. The van der Waals surface area contributed by atoms with Crippen molar-refractivity contribution in [1.29, 1.82) is 0 Å². The first-order valence-electron chi connectivity index (χ1n) is 13.7. The van der Waals surface area contributed by atoms with E-state index in [0.717, 1.165) is 33.4 Å². The molecule has 0 saturated carbocycles. The van der Waals surface area contributed by atoms with E-state index in [2.05, 4.69) is 0 Å². The molecule has 0 radical (unpaired) electrons. The molecule has 0 saturated heterocycles. The molecular weight excluding hydrogens is 552 g/mol. The SMILES string of the molecule is COC(=O)[C@H]1Cc2c(c3c(c4c2C[C@H](C(=O)OC)[C@H](C(=O)OC)C4)C[C@@H](C(=O)OC)[C@@H](C(=O)OC)C3)C[C@@H]1C(=O)OC. The molecule has 0 amide bonds. The van der Waals surface area contributed by atoms with Crippen molar-refractivity contribution < 1.29 is 57.2 Å². The molecule has 0 fully saturated rings. The Labute approximate surface area is 243 Å². The second-order valence-electron chi connectivity index (χ2n) is 10.9. The van der Waals surface area contributed by atoms with Crippen LogP contribution < -0.4 is 0 Å². The zero-order chi connectivity index (χ0) is 30.9. The van der Waals surface area contributed by atoms with E-state index in [9.17, 15) is 28.8 Å². The maximum atomic E-state index is 12.9. The Morgan fingerprint density at radius 2 is 0.452 bits per heavy atom. The minimum atomic E-state index is -0.852. The largest absolute Gasteiger partial charge is 0.469 e. The number of carbonyl (C=O) groups is 6. The number of hydrogen-bond donors (Lipinski definition) is 0. The van der Waals surface area contributed by atoms with Gasteiger partial charge in [-0.25, -0.2) is 0 Å². The fourth-order valence-corrected chi connectivity index (χ4v) is 7.14. The number of carbonyl (C=O) groups excluding carboxylic acids is 6. The summed E-state index contributed by atoms with van der Waals surface area (Å²) in [7, 11) is 7.48. The number of hydrogen-bond acceptors (Lipinski definition) is 12. The molecule has 6 atom stereocenters. The van der Waals surface area contributed by atoms with Crippen molar-refractivity contribution in [3.8, 4) is 0 Å². The van der Waals surface area contributed by atoms with Crippen LogP contribution in [0.15, 0.2) is 0 Å². The molecule has 42 heavy (non-hydrogen) atoms. The van der Waals surface area contributed by atoms with E-state index in [4.69, 9.17) is 28.4 Å². The van der Waals surface area contributed by atoms with Crippen LogP contribution in [0, 0.1) is 35.5 Å². The number of methoxy groups -OCH3 is 6. The van der Waals surface area contributed by atoms with E-state index in [-0.39, 0.29) is 38.5 Å². The van der Waals surface area contributed by atoms with Gasteiger partial charge >= 0.3 is 35.8 Å². The van der Waals surface area contributed by atoms with Gasteiger partial charge in [-0.3, -0.25) is 28.8 Å². The van der Waals surface area contributed by atoms with E-state index >= 15 is 0 Å². The second kappa shape index (κ2) is 12.5. The molecule has 0 bridgehead atoms. The van der Waals surface area contributed by atoms with Crippen LogP contribution in [0.4, 0.5) is 0 Å². The molecule has 3 aliphatic rings. The Morgan fingerprint density at radius 3 is 0.548 bits per heavy atom. The van der Waals surface area contributed by atoms with Crippen LogP contribution in [0.25, 0.3) is 0 Å². The third-order valence-electron chi connectivity index (χ3n) is 9.21. The summed E-state index contributed by atoms with van der Waals surface area (Å²) in [6, 6.07) is 0. The van der Waals surface area contributed by atoms with Crippen LogP contribution in [-0.2, 0) is 95.7 Å². The number of esters is 6. The Kier molecular flexibility index (Phi) is 9.22. The Balaban J connectivity index is 2.00. The highest BCUT2D eigenvalue weighted by Crippen LogP contribution is 2.47. The Hall–Kier alpha value is -3.96. The summed E-state index contributed by atoms with van der Waals surface area (Å²) >= 11 is 0. The first-order chi connectivity index (χ1) is 20.1. The predicted octanol–water partition coefficient (Wildman–Crippen LogP) is 0.718. The van der Waals surface area contributed by atoms with E-state index < -0.39 is 71.3 Å². The van der Waals surface area contributed by atoms with Gasteiger partial charge in [0.05, 0.1) is 78.2 Å². The van der Waals surface area contributed by atoms with Crippen molar-refractivity contribution in [2.24, 2.45) is 35.5 Å². The maximum absolute atomic E-state index is 12.9. The van der Waals surface area contributed by atoms with Crippen molar-refractivity contribution in [2.75, 3.05) is 42.7 Å². The number of fused-ring (bicyclic) bond motifs is 6. The van der Waals surface area contributed by atoms with Crippen molar-refractivity contribution in [2.45, 2.75) is 38.5 Å². The van der Waals surface area contributed by atoms with Gasteiger partial charge in [-0.1, -0.05) is 0 Å². The number of rotatable bonds is 6. The van der Waals surface area contributed by atoms with Gasteiger partial charge in [0.1, 0.15) is 0 Å². The lowest BCUT2D eigenvalue weighted by Crippen LogP contribution is -2.44. The summed E-state index contributed by atoms with van der Waals surface area (Å²) in [6.07, 6.45) is 0.735.